The Morgan fingerprint density at radius 3 is 2.62 bits per heavy atom. The summed E-state index contributed by atoms with van der Waals surface area (Å²) in [6.07, 6.45) is 0.222. The van der Waals surface area contributed by atoms with Crippen LogP contribution in [0.1, 0.15) is 33.4 Å². The average Bonchev–Trinajstić information content (AvgIpc) is 2.95. The first-order valence-electron chi connectivity index (χ1n) is 6.69. The van der Waals surface area contributed by atoms with Crippen LogP contribution >= 0.6 is 22.7 Å². The molecule has 2 aromatic rings. The van der Waals surface area contributed by atoms with Gasteiger partial charge in [0.1, 0.15) is 5.01 Å². The molecule has 0 fully saturated rings. The maximum Gasteiger partial charge on any atom is 0.226 e. The summed E-state index contributed by atoms with van der Waals surface area (Å²) in [6, 6.07) is 2.02. The van der Waals surface area contributed by atoms with Gasteiger partial charge in [0.25, 0.3) is 0 Å². The first-order chi connectivity index (χ1) is 9.69. The number of amides is 1. The summed E-state index contributed by atoms with van der Waals surface area (Å²) in [5.41, 5.74) is 0.154. The monoisotopic (exact) mass is 324 g/mol. The smallest absolute Gasteiger partial charge is 0.226 e. The van der Waals surface area contributed by atoms with Crippen molar-refractivity contribution in [2.24, 2.45) is 0 Å². The molecule has 0 aliphatic rings. The van der Waals surface area contributed by atoms with Gasteiger partial charge in [0.05, 0.1) is 23.3 Å². The van der Waals surface area contributed by atoms with Gasteiger partial charge >= 0.3 is 0 Å². The Hall–Kier alpha value is -1.24. The SMILES string of the molecule is CC(C)(O)C(C)(C)NC(=O)Cc1csc(-c2ccsc2)n1. The van der Waals surface area contributed by atoms with Crippen LogP contribution < -0.4 is 5.32 Å². The van der Waals surface area contributed by atoms with Gasteiger partial charge in [-0.25, -0.2) is 4.98 Å². The lowest BCUT2D eigenvalue weighted by Crippen LogP contribution is -2.58. The summed E-state index contributed by atoms with van der Waals surface area (Å²) < 4.78 is 0. The predicted molar refractivity (Wildman–Crippen MR) is 87.7 cm³/mol. The van der Waals surface area contributed by atoms with E-state index >= 15 is 0 Å². The van der Waals surface area contributed by atoms with Crippen LogP contribution in [-0.4, -0.2) is 27.1 Å². The van der Waals surface area contributed by atoms with Gasteiger partial charge in [0.15, 0.2) is 0 Å². The molecule has 0 aliphatic heterocycles. The van der Waals surface area contributed by atoms with Gasteiger partial charge in [-0.2, -0.15) is 11.3 Å². The molecule has 2 aromatic heterocycles. The van der Waals surface area contributed by atoms with Gasteiger partial charge in [-0.1, -0.05) is 0 Å². The number of aromatic nitrogens is 1. The summed E-state index contributed by atoms with van der Waals surface area (Å²) in [4.78, 5) is 16.6. The number of nitrogens with one attached hydrogen (secondary N) is 1. The Bertz CT molecular complexity index is 610. The van der Waals surface area contributed by atoms with Crippen LogP contribution in [0.4, 0.5) is 0 Å². The highest BCUT2D eigenvalue weighted by molar-refractivity contribution is 7.14. The van der Waals surface area contributed by atoms with E-state index in [0.717, 1.165) is 16.3 Å². The predicted octanol–water partition coefficient (Wildman–Crippen LogP) is 3.08. The number of hydrogen-bond acceptors (Lipinski definition) is 5. The third-order valence-electron chi connectivity index (χ3n) is 3.64. The summed E-state index contributed by atoms with van der Waals surface area (Å²) >= 11 is 3.17. The summed E-state index contributed by atoms with van der Waals surface area (Å²) in [6.45, 7) is 6.99. The van der Waals surface area contributed by atoms with Crippen molar-refractivity contribution in [1.82, 2.24) is 10.3 Å². The largest absolute Gasteiger partial charge is 0.388 e. The van der Waals surface area contributed by atoms with Crippen molar-refractivity contribution in [2.75, 3.05) is 0 Å². The molecule has 0 saturated heterocycles. The molecule has 0 spiro atoms. The quantitative estimate of drug-likeness (QED) is 0.888. The third kappa shape index (κ3) is 3.90. The second kappa shape index (κ2) is 5.87. The molecule has 0 unspecified atom stereocenters. The zero-order valence-corrected chi connectivity index (χ0v) is 14.3. The number of thiazole rings is 1. The fourth-order valence-corrected chi connectivity index (χ4v) is 3.15. The standard InChI is InChI=1S/C15H20N2O2S2/c1-14(2,15(3,4)19)17-12(18)7-11-9-21-13(16-11)10-5-6-20-8-10/h5-6,8-9,19H,7H2,1-4H3,(H,17,18). The minimum atomic E-state index is -0.993. The molecule has 4 nitrogen and oxygen atoms in total. The molecule has 21 heavy (non-hydrogen) atoms. The lowest BCUT2D eigenvalue weighted by molar-refractivity contribution is -0.125. The number of rotatable bonds is 5. The highest BCUT2D eigenvalue weighted by Crippen LogP contribution is 2.26. The molecule has 0 aliphatic carbocycles. The molecule has 0 saturated carbocycles. The molecule has 2 rings (SSSR count). The Labute approximate surface area is 132 Å². The van der Waals surface area contributed by atoms with E-state index in [4.69, 9.17) is 0 Å². The molecule has 0 radical (unpaired) electrons. The van der Waals surface area contributed by atoms with Gasteiger partial charge < -0.3 is 10.4 Å². The normalized spacial score (nSPS) is 12.4. The molecule has 0 bridgehead atoms. The summed E-state index contributed by atoms with van der Waals surface area (Å²) in [7, 11) is 0. The highest BCUT2D eigenvalue weighted by Gasteiger charge is 2.36. The molecule has 0 atom stereocenters. The number of carbonyl (C=O) groups is 1. The fourth-order valence-electron chi connectivity index (χ4n) is 1.62. The lowest BCUT2D eigenvalue weighted by Gasteiger charge is -2.37. The van der Waals surface area contributed by atoms with Crippen molar-refractivity contribution in [2.45, 2.75) is 45.3 Å². The Morgan fingerprint density at radius 1 is 1.33 bits per heavy atom. The van der Waals surface area contributed by atoms with Crippen LogP contribution in [0.25, 0.3) is 10.6 Å². The van der Waals surface area contributed by atoms with Crippen molar-refractivity contribution >= 4 is 28.6 Å². The Kier molecular flexibility index (Phi) is 4.51. The first-order valence-corrected chi connectivity index (χ1v) is 8.52. The van der Waals surface area contributed by atoms with Gasteiger partial charge in [0, 0.05) is 16.3 Å². The molecule has 1 amide bonds. The van der Waals surface area contributed by atoms with Crippen LogP contribution in [0.2, 0.25) is 0 Å². The van der Waals surface area contributed by atoms with Crippen molar-refractivity contribution in [1.29, 1.82) is 0 Å². The van der Waals surface area contributed by atoms with Gasteiger partial charge in [0.2, 0.25) is 5.91 Å². The van der Waals surface area contributed by atoms with Crippen LogP contribution in [0.3, 0.4) is 0 Å². The van der Waals surface area contributed by atoms with Crippen molar-refractivity contribution in [3.05, 3.63) is 27.9 Å². The zero-order chi connectivity index (χ0) is 15.7. The van der Waals surface area contributed by atoms with Crippen molar-refractivity contribution < 1.29 is 9.90 Å². The topological polar surface area (TPSA) is 62.2 Å². The van der Waals surface area contributed by atoms with E-state index in [2.05, 4.69) is 10.3 Å². The molecule has 0 aromatic carbocycles. The Balaban J connectivity index is 2.01. The summed E-state index contributed by atoms with van der Waals surface area (Å²) in [5.74, 6) is -0.135. The second-order valence-electron chi connectivity index (χ2n) is 6.06. The van der Waals surface area contributed by atoms with E-state index in [1.165, 1.54) is 11.3 Å². The maximum atomic E-state index is 12.1. The van der Waals surface area contributed by atoms with E-state index in [1.54, 1.807) is 25.2 Å². The Morgan fingerprint density at radius 2 is 2.05 bits per heavy atom. The van der Waals surface area contributed by atoms with Gasteiger partial charge in [-0.3, -0.25) is 4.79 Å². The van der Waals surface area contributed by atoms with Crippen molar-refractivity contribution in [3.8, 4) is 10.6 Å². The molecular formula is C15H20N2O2S2. The van der Waals surface area contributed by atoms with Gasteiger partial charge in [-0.05, 0) is 39.1 Å². The highest BCUT2D eigenvalue weighted by atomic mass is 32.1. The lowest BCUT2D eigenvalue weighted by atomic mass is 9.86. The number of aliphatic hydroxyl groups is 1. The molecule has 114 valence electrons. The summed E-state index contributed by atoms with van der Waals surface area (Å²) in [5, 5.41) is 19.8. The van der Waals surface area contributed by atoms with Crippen LogP contribution in [0.15, 0.2) is 22.2 Å². The minimum Gasteiger partial charge on any atom is -0.388 e. The second-order valence-corrected chi connectivity index (χ2v) is 7.70. The van der Waals surface area contributed by atoms with Crippen molar-refractivity contribution in [3.63, 3.8) is 0 Å². The van der Waals surface area contributed by atoms with E-state index in [1.807, 2.05) is 36.1 Å². The fraction of sp³-hybridized carbons (Fsp3) is 0.467. The van der Waals surface area contributed by atoms with E-state index in [0.29, 0.717) is 0 Å². The molecule has 6 heteroatoms. The third-order valence-corrected chi connectivity index (χ3v) is 5.27. The van der Waals surface area contributed by atoms with E-state index in [9.17, 15) is 9.90 Å². The van der Waals surface area contributed by atoms with Gasteiger partial charge in [-0.15, -0.1) is 11.3 Å². The molecule has 2 N–H and O–H groups in total. The minimum absolute atomic E-state index is 0.135. The molecular weight excluding hydrogens is 304 g/mol. The maximum absolute atomic E-state index is 12.1. The zero-order valence-electron chi connectivity index (χ0n) is 12.6. The number of thiophene rings is 1. The van der Waals surface area contributed by atoms with E-state index in [-0.39, 0.29) is 12.3 Å². The number of hydrogen-bond donors (Lipinski definition) is 2. The first kappa shape index (κ1) is 16.1. The van der Waals surface area contributed by atoms with Crippen LogP contribution in [0, 0.1) is 0 Å². The molecule has 2 heterocycles. The van der Waals surface area contributed by atoms with Crippen LogP contribution in [-0.2, 0) is 11.2 Å². The number of nitrogens with zero attached hydrogens (tertiary/aromatic N) is 1. The van der Waals surface area contributed by atoms with E-state index < -0.39 is 11.1 Å². The average molecular weight is 324 g/mol. The van der Waals surface area contributed by atoms with Crippen LogP contribution in [0.5, 0.6) is 0 Å². The number of carbonyl (C=O) groups excluding carboxylic acids is 1.